The van der Waals surface area contributed by atoms with E-state index in [2.05, 4.69) is 25.2 Å². The van der Waals surface area contributed by atoms with Crippen LogP contribution in [-0.4, -0.2) is 18.8 Å². The predicted molar refractivity (Wildman–Crippen MR) is 68.2 cm³/mol. The second kappa shape index (κ2) is 5.07. The molecule has 0 aliphatic carbocycles. The lowest BCUT2D eigenvalue weighted by molar-refractivity contribution is 0.0637. The lowest BCUT2D eigenvalue weighted by atomic mass is 10.2. The van der Waals surface area contributed by atoms with Crippen LogP contribution < -0.4 is 5.32 Å². The van der Waals surface area contributed by atoms with E-state index in [0.29, 0.717) is 12.2 Å². The van der Waals surface area contributed by atoms with Crippen LogP contribution in [0.2, 0.25) is 5.02 Å². The molecule has 1 saturated heterocycles. The highest BCUT2D eigenvalue weighted by atomic mass is 35.5. The summed E-state index contributed by atoms with van der Waals surface area (Å²) in [7, 11) is 0. The molecule has 0 spiro atoms. The number of benzene rings is 1. The molecule has 2 rings (SSSR count). The van der Waals surface area contributed by atoms with E-state index in [1.807, 2.05) is 12.1 Å². The van der Waals surface area contributed by atoms with Crippen molar-refractivity contribution in [2.45, 2.75) is 38.9 Å². The Kier molecular flexibility index (Phi) is 3.72. The molecule has 1 aromatic rings. The Morgan fingerprint density at radius 2 is 2.25 bits per heavy atom. The quantitative estimate of drug-likeness (QED) is 0.870. The van der Waals surface area contributed by atoms with Crippen molar-refractivity contribution in [3.05, 3.63) is 28.8 Å². The topological polar surface area (TPSA) is 21.3 Å². The normalized spacial score (nSPS) is 24.7. The van der Waals surface area contributed by atoms with Gasteiger partial charge in [0.2, 0.25) is 0 Å². The van der Waals surface area contributed by atoms with E-state index in [1.54, 1.807) is 0 Å². The van der Waals surface area contributed by atoms with Gasteiger partial charge in [-0.2, -0.15) is 0 Å². The minimum absolute atomic E-state index is 0.326. The van der Waals surface area contributed by atoms with E-state index < -0.39 is 0 Å². The first-order chi connectivity index (χ1) is 7.65. The second-order valence-corrected chi connectivity index (χ2v) is 4.92. The van der Waals surface area contributed by atoms with E-state index in [9.17, 15) is 0 Å². The van der Waals surface area contributed by atoms with Gasteiger partial charge in [0.05, 0.1) is 22.9 Å². The van der Waals surface area contributed by atoms with Gasteiger partial charge in [-0.3, -0.25) is 0 Å². The van der Waals surface area contributed by atoms with Crippen LogP contribution in [0.15, 0.2) is 18.2 Å². The summed E-state index contributed by atoms with van der Waals surface area (Å²) in [6.45, 7) is 5.03. The molecular formula is C13H18ClNO. The Morgan fingerprint density at radius 3 is 2.94 bits per heavy atom. The summed E-state index contributed by atoms with van der Waals surface area (Å²) in [6, 6.07) is 6.01. The van der Waals surface area contributed by atoms with Gasteiger partial charge in [-0.05, 0) is 44.4 Å². The van der Waals surface area contributed by atoms with Crippen LogP contribution in [-0.2, 0) is 4.74 Å². The van der Waals surface area contributed by atoms with Gasteiger partial charge in [-0.15, -0.1) is 0 Å². The number of nitrogens with one attached hydrogen (secondary N) is 1. The van der Waals surface area contributed by atoms with E-state index in [-0.39, 0.29) is 0 Å². The molecule has 2 unspecified atom stereocenters. The molecule has 0 radical (unpaired) electrons. The molecule has 0 aromatic heterocycles. The highest BCUT2D eigenvalue weighted by Crippen LogP contribution is 2.24. The Balaban J connectivity index is 1.91. The third kappa shape index (κ3) is 2.89. The van der Waals surface area contributed by atoms with Crippen molar-refractivity contribution in [1.82, 2.24) is 0 Å². The molecule has 88 valence electrons. The van der Waals surface area contributed by atoms with Crippen LogP contribution in [0.25, 0.3) is 0 Å². The Hall–Kier alpha value is -0.730. The molecule has 2 atom stereocenters. The average molecular weight is 240 g/mol. The summed E-state index contributed by atoms with van der Waals surface area (Å²) in [5.41, 5.74) is 2.22. The molecule has 0 bridgehead atoms. The van der Waals surface area contributed by atoms with Gasteiger partial charge in [0.25, 0.3) is 0 Å². The number of hydrogen-bond acceptors (Lipinski definition) is 2. The average Bonchev–Trinajstić information content (AvgIpc) is 2.66. The fourth-order valence-electron chi connectivity index (χ4n) is 2.03. The predicted octanol–water partition coefficient (Wildman–Crippen LogP) is 3.63. The van der Waals surface area contributed by atoms with Crippen LogP contribution in [0, 0.1) is 6.92 Å². The van der Waals surface area contributed by atoms with Crippen LogP contribution in [0.3, 0.4) is 0 Å². The molecule has 1 N–H and O–H groups in total. The van der Waals surface area contributed by atoms with Gasteiger partial charge in [0.15, 0.2) is 0 Å². The van der Waals surface area contributed by atoms with Crippen LogP contribution in [0.4, 0.5) is 5.69 Å². The van der Waals surface area contributed by atoms with E-state index in [4.69, 9.17) is 16.3 Å². The summed E-state index contributed by atoms with van der Waals surface area (Å²) in [5.74, 6) is 0. The number of ether oxygens (including phenoxy) is 1. The van der Waals surface area contributed by atoms with E-state index in [0.717, 1.165) is 30.1 Å². The van der Waals surface area contributed by atoms with Crippen molar-refractivity contribution in [2.24, 2.45) is 0 Å². The Bertz CT molecular complexity index is 367. The minimum atomic E-state index is 0.326. The number of anilines is 1. The highest BCUT2D eigenvalue weighted by molar-refractivity contribution is 6.33. The molecule has 1 aliphatic heterocycles. The van der Waals surface area contributed by atoms with Crippen LogP contribution >= 0.6 is 11.6 Å². The summed E-state index contributed by atoms with van der Waals surface area (Å²) in [5, 5.41) is 4.13. The van der Waals surface area contributed by atoms with E-state index >= 15 is 0 Å². The summed E-state index contributed by atoms with van der Waals surface area (Å²) < 4.78 is 5.75. The molecule has 1 aromatic carbocycles. The van der Waals surface area contributed by atoms with Crippen molar-refractivity contribution >= 4 is 17.3 Å². The van der Waals surface area contributed by atoms with Gasteiger partial charge in [-0.25, -0.2) is 0 Å². The molecule has 1 heterocycles. The molecule has 1 aliphatic rings. The SMILES string of the molecule is Cc1ccc(Cl)c(NCC2CCC(C)O2)c1. The van der Waals surface area contributed by atoms with Crippen molar-refractivity contribution in [3.8, 4) is 0 Å². The maximum Gasteiger partial charge on any atom is 0.0751 e. The Morgan fingerprint density at radius 1 is 1.44 bits per heavy atom. The maximum absolute atomic E-state index is 6.11. The zero-order chi connectivity index (χ0) is 11.5. The number of rotatable bonds is 3. The molecule has 0 saturated carbocycles. The molecule has 0 amide bonds. The lowest BCUT2D eigenvalue weighted by Crippen LogP contribution is -2.19. The maximum atomic E-state index is 6.11. The van der Waals surface area contributed by atoms with Gasteiger partial charge in [-0.1, -0.05) is 17.7 Å². The fourth-order valence-corrected chi connectivity index (χ4v) is 2.22. The number of aryl methyl sites for hydroxylation is 1. The third-order valence-electron chi connectivity index (χ3n) is 2.96. The summed E-state index contributed by atoms with van der Waals surface area (Å²) in [6.07, 6.45) is 3.03. The van der Waals surface area contributed by atoms with Crippen LogP contribution in [0.5, 0.6) is 0 Å². The highest BCUT2D eigenvalue weighted by Gasteiger charge is 2.21. The smallest absolute Gasteiger partial charge is 0.0751 e. The second-order valence-electron chi connectivity index (χ2n) is 4.51. The van der Waals surface area contributed by atoms with Gasteiger partial charge >= 0.3 is 0 Å². The van der Waals surface area contributed by atoms with Crippen LogP contribution in [0.1, 0.15) is 25.3 Å². The standard InChI is InChI=1S/C13H18ClNO/c1-9-3-6-12(14)13(7-9)15-8-11-5-4-10(2)16-11/h3,6-7,10-11,15H,4-5,8H2,1-2H3. The Labute approximate surface area is 102 Å². The third-order valence-corrected chi connectivity index (χ3v) is 3.29. The zero-order valence-electron chi connectivity index (χ0n) is 9.79. The van der Waals surface area contributed by atoms with Crippen molar-refractivity contribution < 1.29 is 4.74 Å². The summed E-state index contributed by atoms with van der Waals surface area (Å²) >= 11 is 6.11. The van der Waals surface area contributed by atoms with E-state index in [1.165, 1.54) is 5.56 Å². The number of hydrogen-bond donors (Lipinski definition) is 1. The first-order valence-corrected chi connectivity index (χ1v) is 6.18. The zero-order valence-corrected chi connectivity index (χ0v) is 10.6. The fraction of sp³-hybridized carbons (Fsp3) is 0.538. The van der Waals surface area contributed by atoms with Gasteiger partial charge < -0.3 is 10.1 Å². The molecule has 16 heavy (non-hydrogen) atoms. The van der Waals surface area contributed by atoms with Crippen molar-refractivity contribution in [2.75, 3.05) is 11.9 Å². The summed E-state index contributed by atoms with van der Waals surface area (Å²) in [4.78, 5) is 0. The van der Waals surface area contributed by atoms with Gasteiger partial charge in [0.1, 0.15) is 0 Å². The molecular weight excluding hydrogens is 222 g/mol. The van der Waals surface area contributed by atoms with Gasteiger partial charge in [0, 0.05) is 6.54 Å². The van der Waals surface area contributed by atoms with Crippen molar-refractivity contribution in [1.29, 1.82) is 0 Å². The number of halogens is 1. The molecule has 1 fully saturated rings. The minimum Gasteiger partial charge on any atom is -0.381 e. The monoisotopic (exact) mass is 239 g/mol. The first-order valence-electron chi connectivity index (χ1n) is 5.80. The van der Waals surface area contributed by atoms with Crippen molar-refractivity contribution in [3.63, 3.8) is 0 Å². The first kappa shape index (κ1) is 11.7. The largest absolute Gasteiger partial charge is 0.381 e. The lowest BCUT2D eigenvalue weighted by Gasteiger charge is -2.14. The molecule has 3 heteroatoms. The molecule has 2 nitrogen and oxygen atoms in total.